The molecule has 0 radical (unpaired) electrons. The Morgan fingerprint density at radius 3 is 2.41 bits per heavy atom. The first-order valence-electron chi connectivity index (χ1n) is 12.1. The van der Waals surface area contributed by atoms with E-state index in [0.29, 0.717) is 44.0 Å². The van der Waals surface area contributed by atoms with Crippen molar-refractivity contribution in [2.24, 2.45) is 5.10 Å². The number of nitro groups is 1. The van der Waals surface area contributed by atoms with Gasteiger partial charge in [-0.3, -0.25) is 14.7 Å². The summed E-state index contributed by atoms with van der Waals surface area (Å²) in [6, 6.07) is 22.9. The summed E-state index contributed by atoms with van der Waals surface area (Å²) in [5, 5.41) is 31.2. The molecule has 11 nitrogen and oxygen atoms in total. The predicted octanol–water partition coefficient (Wildman–Crippen LogP) is 6.42. The first kappa shape index (κ1) is 27.3. The minimum Gasteiger partial charge on any atom is -0.497 e. The number of nitrogens with one attached hydrogen (secondary N) is 2. The van der Waals surface area contributed by atoms with E-state index in [4.69, 9.17) is 16.3 Å². The third-order valence-corrected chi connectivity index (χ3v) is 7.05. The molecule has 3 aromatic carbocycles. The second-order valence-electron chi connectivity index (χ2n) is 8.56. The van der Waals surface area contributed by atoms with Gasteiger partial charge in [-0.05, 0) is 61.0 Å². The molecule has 0 amide bonds. The van der Waals surface area contributed by atoms with E-state index in [2.05, 4.69) is 31.9 Å². The normalized spacial score (nSPS) is 11.1. The van der Waals surface area contributed by atoms with Crippen molar-refractivity contribution < 1.29 is 9.66 Å². The van der Waals surface area contributed by atoms with E-state index in [1.165, 1.54) is 23.5 Å². The molecule has 0 fully saturated rings. The van der Waals surface area contributed by atoms with Gasteiger partial charge in [-0.15, -0.1) is 16.4 Å². The zero-order valence-electron chi connectivity index (χ0n) is 21.7. The first-order valence-corrected chi connectivity index (χ1v) is 13.3. The molecule has 204 valence electrons. The Morgan fingerprint density at radius 1 is 1.07 bits per heavy atom. The van der Waals surface area contributed by atoms with Crippen molar-refractivity contribution in [1.29, 1.82) is 5.26 Å². The molecule has 0 unspecified atom stereocenters. The summed E-state index contributed by atoms with van der Waals surface area (Å²) in [4.78, 5) is 20.2. The van der Waals surface area contributed by atoms with Gasteiger partial charge in [0.25, 0.3) is 5.69 Å². The predicted molar refractivity (Wildman–Crippen MR) is 158 cm³/mol. The minimum atomic E-state index is -0.447. The minimum absolute atomic E-state index is 0.0208. The second-order valence-corrected chi connectivity index (χ2v) is 9.84. The molecular formula is C28H21ClN8O3S. The van der Waals surface area contributed by atoms with Crippen LogP contribution in [0, 0.1) is 28.4 Å². The third-order valence-electron chi connectivity index (χ3n) is 5.97. The van der Waals surface area contributed by atoms with Crippen molar-refractivity contribution in [3.63, 3.8) is 0 Å². The fourth-order valence-corrected chi connectivity index (χ4v) is 4.93. The van der Waals surface area contributed by atoms with E-state index in [9.17, 15) is 15.4 Å². The lowest BCUT2D eigenvalue weighted by atomic mass is 10.1. The fraction of sp³-hybridized carbons (Fsp3) is 0.0714. The average Bonchev–Trinajstić information content (AvgIpc) is 3.41. The van der Waals surface area contributed by atoms with Crippen molar-refractivity contribution in [2.75, 3.05) is 17.9 Å². The molecule has 2 aromatic heterocycles. The molecule has 5 rings (SSSR count). The molecule has 0 saturated heterocycles. The van der Waals surface area contributed by atoms with Crippen LogP contribution in [0.4, 0.5) is 23.1 Å². The SMILES string of the molecule is COc1ccc(Nc2nc(NN=c3scc(-c4ccc(Cl)cc4)n3-c3ccc([N+](=O)[O-])cc3)nc(C)c2C#N)cc1. The number of nitrogens with zero attached hydrogens (tertiary/aromatic N) is 6. The Bertz CT molecular complexity index is 1830. The number of thiazole rings is 1. The second kappa shape index (κ2) is 11.9. The standard InChI is InChI=1S/C28H21ClN8O3S/c1-17-24(15-30)26(32-20-7-13-23(40-2)14-8-20)33-27(31-17)34-35-28-36(21-9-11-22(12-10-21)37(38)39)25(16-41-28)18-3-5-19(29)6-4-18/h3-14,16H,1-2H3,(H2,31,32,33,34). The summed E-state index contributed by atoms with van der Waals surface area (Å²) in [5.74, 6) is 1.19. The summed E-state index contributed by atoms with van der Waals surface area (Å²) >= 11 is 7.45. The van der Waals surface area contributed by atoms with Crippen LogP contribution >= 0.6 is 22.9 Å². The molecule has 0 atom stereocenters. The molecule has 5 aromatic rings. The highest BCUT2D eigenvalue weighted by Crippen LogP contribution is 2.27. The summed E-state index contributed by atoms with van der Waals surface area (Å²) in [5.41, 5.74) is 6.71. The van der Waals surface area contributed by atoms with E-state index in [1.807, 2.05) is 34.2 Å². The number of benzene rings is 3. The van der Waals surface area contributed by atoms with Gasteiger partial charge < -0.3 is 10.1 Å². The van der Waals surface area contributed by atoms with E-state index in [-0.39, 0.29) is 11.6 Å². The zero-order chi connectivity index (χ0) is 28.9. The summed E-state index contributed by atoms with van der Waals surface area (Å²) in [6.45, 7) is 1.71. The molecule has 0 aliphatic carbocycles. The number of halogens is 1. The highest BCUT2D eigenvalue weighted by molar-refractivity contribution is 7.07. The lowest BCUT2D eigenvalue weighted by Gasteiger charge is -2.11. The van der Waals surface area contributed by atoms with Crippen LogP contribution in [-0.4, -0.2) is 26.6 Å². The van der Waals surface area contributed by atoms with E-state index in [0.717, 1.165) is 11.3 Å². The smallest absolute Gasteiger partial charge is 0.269 e. The molecule has 0 saturated carbocycles. The van der Waals surface area contributed by atoms with Crippen LogP contribution in [0.15, 0.2) is 83.3 Å². The Kier molecular flexibility index (Phi) is 7.91. The Labute approximate surface area is 243 Å². The van der Waals surface area contributed by atoms with Crippen molar-refractivity contribution in [3.05, 3.63) is 109 Å². The van der Waals surface area contributed by atoms with Gasteiger partial charge >= 0.3 is 0 Å². The van der Waals surface area contributed by atoms with Gasteiger partial charge in [-0.2, -0.15) is 10.2 Å². The van der Waals surface area contributed by atoms with Gasteiger partial charge in [0.05, 0.1) is 23.4 Å². The van der Waals surface area contributed by atoms with Gasteiger partial charge in [0, 0.05) is 33.9 Å². The Balaban J connectivity index is 1.54. The van der Waals surface area contributed by atoms with E-state index >= 15 is 0 Å². The van der Waals surface area contributed by atoms with Crippen LogP contribution in [0.1, 0.15) is 11.3 Å². The number of methoxy groups -OCH3 is 1. The molecule has 0 spiro atoms. The fourth-order valence-electron chi connectivity index (χ4n) is 3.94. The maximum absolute atomic E-state index is 11.2. The number of ether oxygens (including phenoxy) is 1. The van der Waals surface area contributed by atoms with Gasteiger partial charge in [-0.1, -0.05) is 23.7 Å². The summed E-state index contributed by atoms with van der Waals surface area (Å²) < 4.78 is 7.06. The molecule has 2 heterocycles. The van der Waals surface area contributed by atoms with E-state index < -0.39 is 4.92 Å². The Hall–Kier alpha value is -5.25. The number of non-ortho nitro benzene ring substituents is 1. The number of aromatic nitrogens is 3. The van der Waals surface area contributed by atoms with Crippen molar-refractivity contribution >= 4 is 46.1 Å². The number of hydrogen-bond donors (Lipinski definition) is 2. The molecule has 2 N–H and O–H groups in total. The average molecular weight is 585 g/mol. The number of anilines is 3. The van der Waals surface area contributed by atoms with Crippen LogP contribution in [0.25, 0.3) is 16.9 Å². The Morgan fingerprint density at radius 2 is 1.78 bits per heavy atom. The summed E-state index contributed by atoms with van der Waals surface area (Å²) in [7, 11) is 1.59. The lowest BCUT2D eigenvalue weighted by molar-refractivity contribution is -0.384. The molecular weight excluding hydrogens is 564 g/mol. The summed E-state index contributed by atoms with van der Waals surface area (Å²) in [6.07, 6.45) is 0. The zero-order valence-corrected chi connectivity index (χ0v) is 23.3. The van der Waals surface area contributed by atoms with Gasteiger partial charge in [0.1, 0.15) is 17.4 Å². The third kappa shape index (κ3) is 6.01. The van der Waals surface area contributed by atoms with E-state index in [1.54, 1.807) is 50.4 Å². The van der Waals surface area contributed by atoms with Crippen LogP contribution in [-0.2, 0) is 0 Å². The maximum Gasteiger partial charge on any atom is 0.269 e. The monoisotopic (exact) mass is 584 g/mol. The molecule has 0 bridgehead atoms. The lowest BCUT2D eigenvalue weighted by Crippen LogP contribution is -2.17. The quantitative estimate of drug-likeness (QED) is 0.157. The molecule has 0 aliphatic heterocycles. The topological polar surface area (TPSA) is 143 Å². The van der Waals surface area contributed by atoms with Gasteiger partial charge in [0.15, 0.2) is 5.82 Å². The van der Waals surface area contributed by atoms with Crippen molar-refractivity contribution in [3.8, 4) is 28.8 Å². The van der Waals surface area contributed by atoms with Gasteiger partial charge in [0.2, 0.25) is 10.7 Å². The molecule has 41 heavy (non-hydrogen) atoms. The van der Waals surface area contributed by atoms with Crippen LogP contribution in [0.5, 0.6) is 5.75 Å². The van der Waals surface area contributed by atoms with Crippen LogP contribution in [0.3, 0.4) is 0 Å². The van der Waals surface area contributed by atoms with Gasteiger partial charge in [-0.25, -0.2) is 10.4 Å². The number of hydrogen-bond acceptors (Lipinski definition) is 10. The van der Waals surface area contributed by atoms with Crippen LogP contribution < -0.4 is 20.3 Å². The number of aryl methyl sites for hydroxylation is 1. The highest BCUT2D eigenvalue weighted by atomic mass is 35.5. The number of nitriles is 1. The van der Waals surface area contributed by atoms with Crippen LogP contribution in [0.2, 0.25) is 5.02 Å². The molecule has 0 aliphatic rings. The largest absolute Gasteiger partial charge is 0.497 e. The van der Waals surface area contributed by atoms with Crippen molar-refractivity contribution in [2.45, 2.75) is 6.92 Å². The highest BCUT2D eigenvalue weighted by Gasteiger charge is 2.15. The first-order chi connectivity index (χ1) is 19.9. The van der Waals surface area contributed by atoms with Crippen molar-refractivity contribution in [1.82, 2.24) is 14.5 Å². The number of nitro benzene ring substituents is 1. The maximum atomic E-state index is 11.2. The number of rotatable bonds is 8. The molecule has 13 heteroatoms.